The van der Waals surface area contributed by atoms with Crippen LogP contribution in [0.4, 0.5) is 0 Å². The molecule has 2 N–H and O–H groups in total. The highest BCUT2D eigenvalue weighted by Gasteiger charge is 2.31. The van der Waals surface area contributed by atoms with E-state index in [0.29, 0.717) is 18.8 Å². The van der Waals surface area contributed by atoms with E-state index >= 15 is 0 Å². The maximum Gasteiger partial charge on any atom is 0.220 e. The average molecular weight is 300 g/mol. The Hall–Kier alpha value is -1.81. The van der Waals surface area contributed by atoms with Crippen molar-refractivity contribution in [2.75, 3.05) is 6.61 Å². The number of rotatable bonds is 7. The van der Waals surface area contributed by atoms with Crippen LogP contribution in [-0.2, 0) is 18.3 Å². The summed E-state index contributed by atoms with van der Waals surface area (Å²) in [5.74, 6) is 0.673. The highest BCUT2D eigenvalue weighted by Crippen LogP contribution is 2.34. The van der Waals surface area contributed by atoms with E-state index in [4.69, 9.17) is 5.11 Å². The van der Waals surface area contributed by atoms with Gasteiger partial charge >= 0.3 is 0 Å². The zero-order valence-corrected chi connectivity index (χ0v) is 13.1. The van der Waals surface area contributed by atoms with E-state index in [1.165, 1.54) is 29.3 Å². The van der Waals surface area contributed by atoms with Gasteiger partial charge in [0.1, 0.15) is 0 Å². The molecule has 1 fully saturated rings. The summed E-state index contributed by atoms with van der Waals surface area (Å²) in [4.78, 5) is 12.2. The van der Waals surface area contributed by atoms with Crippen molar-refractivity contribution < 1.29 is 9.90 Å². The summed E-state index contributed by atoms with van der Waals surface area (Å²) in [6.07, 6.45) is 6.39. The molecule has 4 nitrogen and oxygen atoms in total. The molecule has 1 aliphatic carbocycles. The number of carbonyl (C=O) groups excluding carboxylic acids is 1. The van der Waals surface area contributed by atoms with Crippen LogP contribution in [0.15, 0.2) is 30.5 Å². The first-order chi connectivity index (χ1) is 10.7. The van der Waals surface area contributed by atoms with Crippen LogP contribution < -0.4 is 5.32 Å². The molecule has 1 atom stereocenters. The normalized spacial score (nSPS) is 15.9. The fourth-order valence-electron chi connectivity index (χ4n) is 3.22. The molecule has 1 aromatic heterocycles. The van der Waals surface area contributed by atoms with Crippen LogP contribution in [0.25, 0.3) is 10.9 Å². The first-order valence-corrected chi connectivity index (χ1v) is 8.12. The van der Waals surface area contributed by atoms with Gasteiger partial charge in [-0.3, -0.25) is 4.79 Å². The van der Waals surface area contributed by atoms with Gasteiger partial charge in [0.25, 0.3) is 0 Å². The Morgan fingerprint density at radius 2 is 2.18 bits per heavy atom. The predicted molar refractivity (Wildman–Crippen MR) is 87.6 cm³/mol. The van der Waals surface area contributed by atoms with Gasteiger partial charge < -0.3 is 15.0 Å². The van der Waals surface area contributed by atoms with E-state index in [9.17, 15) is 4.79 Å². The van der Waals surface area contributed by atoms with E-state index in [-0.39, 0.29) is 18.6 Å². The summed E-state index contributed by atoms with van der Waals surface area (Å²) < 4.78 is 2.11. The SMILES string of the molecule is Cn1cc(CCC(=O)NC(CCO)C2CC2)c2ccccc21. The van der Waals surface area contributed by atoms with Gasteiger partial charge in [0, 0.05) is 43.2 Å². The van der Waals surface area contributed by atoms with Crippen molar-refractivity contribution in [2.45, 2.75) is 38.1 Å². The van der Waals surface area contributed by atoms with Crippen LogP contribution in [-0.4, -0.2) is 28.2 Å². The van der Waals surface area contributed by atoms with Gasteiger partial charge in [-0.05, 0) is 43.2 Å². The van der Waals surface area contributed by atoms with E-state index in [1.807, 2.05) is 19.2 Å². The van der Waals surface area contributed by atoms with Crippen molar-refractivity contribution >= 4 is 16.8 Å². The van der Waals surface area contributed by atoms with E-state index in [1.54, 1.807) is 0 Å². The molecule has 1 amide bonds. The molecule has 1 aliphatic rings. The second-order valence-corrected chi connectivity index (χ2v) is 6.31. The number of fused-ring (bicyclic) bond motifs is 1. The topological polar surface area (TPSA) is 54.3 Å². The highest BCUT2D eigenvalue weighted by atomic mass is 16.3. The molecule has 0 saturated heterocycles. The quantitative estimate of drug-likeness (QED) is 0.825. The number of carbonyl (C=O) groups is 1. The van der Waals surface area contributed by atoms with E-state index in [0.717, 1.165) is 6.42 Å². The van der Waals surface area contributed by atoms with Gasteiger partial charge in [-0.15, -0.1) is 0 Å². The number of aryl methyl sites for hydroxylation is 2. The lowest BCUT2D eigenvalue weighted by Gasteiger charge is -2.17. The molecule has 0 spiro atoms. The third kappa shape index (κ3) is 3.33. The van der Waals surface area contributed by atoms with E-state index in [2.05, 4.69) is 28.2 Å². The lowest BCUT2D eigenvalue weighted by atomic mass is 10.1. The van der Waals surface area contributed by atoms with Gasteiger partial charge in [0.05, 0.1) is 0 Å². The third-order valence-corrected chi connectivity index (χ3v) is 4.58. The number of hydrogen-bond acceptors (Lipinski definition) is 2. The van der Waals surface area contributed by atoms with Crippen molar-refractivity contribution in [3.05, 3.63) is 36.0 Å². The molecule has 1 aromatic carbocycles. The van der Waals surface area contributed by atoms with Gasteiger partial charge in [-0.2, -0.15) is 0 Å². The minimum atomic E-state index is 0.0956. The minimum absolute atomic E-state index is 0.0956. The van der Waals surface area contributed by atoms with Crippen LogP contribution in [0.5, 0.6) is 0 Å². The molecule has 118 valence electrons. The van der Waals surface area contributed by atoms with Gasteiger partial charge in [-0.1, -0.05) is 18.2 Å². The van der Waals surface area contributed by atoms with Gasteiger partial charge in [0.15, 0.2) is 0 Å². The Kier molecular flexibility index (Phi) is 4.48. The largest absolute Gasteiger partial charge is 0.396 e. The molecular weight excluding hydrogens is 276 g/mol. The lowest BCUT2D eigenvalue weighted by Crippen LogP contribution is -2.37. The average Bonchev–Trinajstić information content (AvgIpc) is 3.31. The van der Waals surface area contributed by atoms with Crippen LogP contribution >= 0.6 is 0 Å². The van der Waals surface area contributed by atoms with Crippen LogP contribution in [0, 0.1) is 5.92 Å². The number of hydrogen-bond donors (Lipinski definition) is 2. The number of benzene rings is 1. The van der Waals surface area contributed by atoms with Crippen molar-refractivity contribution in [3.8, 4) is 0 Å². The number of aromatic nitrogens is 1. The number of amides is 1. The smallest absolute Gasteiger partial charge is 0.220 e. The molecule has 0 radical (unpaired) electrons. The Morgan fingerprint density at radius 3 is 2.91 bits per heavy atom. The first kappa shape index (κ1) is 15.1. The Balaban J connectivity index is 1.60. The molecule has 4 heteroatoms. The van der Waals surface area contributed by atoms with Crippen LogP contribution in [0.3, 0.4) is 0 Å². The Morgan fingerprint density at radius 1 is 1.41 bits per heavy atom. The number of aliphatic hydroxyl groups excluding tert-OH is 1. The Bertz CT molecular complexity index is 658. The third-order valence-electron chi connectivity index (χ3n) is 4.58. The molecule has 1 heterocycles. The van der Waals surface area contributed by atoms with Crippen molar-refractivity contribution in [1.29, 1.82) is 0 Å². The zero-order valence-electron chi connectivity index (χ0n) is 13.1. The maximum atomic E-state index is 12.2. The first-order valence-electron chi connectivity index (χ1n) is 8.12. The molecular formula is C18H24N2O2. The monoisotopic (exact) mass is 300 g/mol. The highest BCUT2D eigenvalue weighted by molar-refractivity contribution is 5.85. The van der Waals surface area contributed by atoms with Gasteiger partial charge in [0.2, 0.25) is 5.91 Å². The Labute approximate surface area is 131 Å². The van der Waals surface area contributed by atoms with Gasteiger partial charge in [-0.25, -0.2) is 0 Å². The zero-order chi connectivity index (χ0) is 15.5. The number of nitrogens with zero attached hydrogens (tertiary/aromatic N) is 1. The van der Waals surface area contributed by atoms with Crippen LogP contribution in [0.2, 0.25) is 0 Å². The van der Waals surface area contributed by atoms with Crippen molar-refractivity contribution in [2.24, 2.45) is 13.0 Å². The number of nitrogens with one attached hydrogen (secondary N) is 1. The summed E-state index contributed by atoms with van der Waals surface area (Å²) >= 11 is 0. The summed E-state index contributed by atoms with van der Waals surface area (Å²) in [5.41, 5.74) is 2.42. The molecule has 3 rings (SSSR count). The van der Waals surface area contributed by atoms with Crippen molar-refractivity contribution in [3.63, 3.8) is 0 Å². The predicted octanol–water partition coefficient (Wildman–Crippen LogP) is 2.39. The summed E-state index contributed by atoms with van der Waals surface area (Å²) in [6.45, 7) is 0.144. The summed E-state index contributed by atoms with van der Waals surface area (Å²) in [6, 6.07) is 8.44. The lowest BCUT2D eigenvalue weighted by molar-refractivity contribution is -0.122. The number of aliphatic hydroxyl groups is 1. The second-order valence-electron chi connectivity index (χ2n) is 6.31. The molecule has 0 bridgehead atoms. The standard InChI is InChI=1S/C18H24N2O2/c1-20-12-14(15-4-2-3-5-17(15)20)8-9-18(22)19-16(10-11-21)13-6-7-13/h2-5,12-13,16,21H,6-11H2,1H3,(H,19,22). The minimum Gasteiger partial charge on any atom is -0.396 e. The van der Waals surface area contributed by atoms with Crippen molar-refractivity contribution in [1.82, 2.24) is 9.88 Å². The molecule has 1 unspecified atom stereocenters. The maximum absolute atomic E-state index is 12.2. The molecule has 2 aromatic rings. The second kappa shape index (κ2) is 6.53. The van der Waals surface area contributed by atoms with Crippen LogP contribution in [0.1, 0.15) is 31.2 Å². The molecule has 22 heavy (non-hydrogen) atoms. The summed E-state index contributed by atoms with van der Waals surface area (Å²) in [7, 11) is 2.04. The summed E-state index contributed by atoms with van der Waals surface area (Å²) in [5, 5.41) is 13.4. The van der Waals surface area contributed by atoms with E-state index < -0.39 is 0 Å². The fraction of sp³-hybridized carbons (Fsp3) is 0.500. The fourth-order valence-corrected chi connectivity index (χ4v) is 3.22. The molecule has 1 saturated carbocycles. The molecule has 0 aliphatic heterocycles. The number of para-hydroxylation sites is 1.